The molecule has 0 radical (unpaired) electrons. The molecule has 0 spiro atoms. The zero-order chi connectivity index (χ0) is 20.4. The Morgan fingerprint density at radius 2 is 1.76 bits per heavy atom. The minimum absolute atomic E-state index is 0.0587. The molecule has 1 amide bonds. The molecule has 0 aliphatic carbocycles. The predicted octanol–water partition coefficient (Wildman–Crippen LogP) is 3.69. The molecule has 0 saturated carbocycles. The lowest BCUT2D eigenvalue weighted by Crippen LogP contribution is -2.12. The fourth-order valence-corrected chi connectivity index (χ4v) is 3.68. The van der Waals surface area contributed by atoms with Gasteiger partial charge in [0.15, 0.2) is 15.4 Å². The smallest absolute Gasteiger partial charge is 0.255 e. The summed E-state index contributed by atoms with van der Waals surface area (Å²) in [5.41, 5.74) is 3.68. The molecule has 0 atom stereocenters. The summed E-state index contributed by atoms with van der Waals surface area (Å²) in [6.45, 7) is 0. The van der Waals surface area contributed by atoms with Gasteiger partial charge in [0.05, 0.1) is 5.75 Å². The third kappa shape index (κ3) is 4.49. The van der Waals surface area contributed by atoms with Crippen LogP contribution in [0.2, 0.25) is 0 Å². The Morgan fingerprint density at radius 1 is 1.03 bits per heavy atom. The van der Waals surface area contributed by atoms with Gasteiger partial charge in [-0.25, -0.2) is 13.4 Å². The van der Waals surface area contributed by atoms with Crippen LogP contribution in [0.4, 0.5) is 5.69 Å². The standard InChI is InChI=1S/C21H17N3O4S/c1-29(26,27)13-14-2-4-15(5-3-14)20(25)23-17-6-7-18-19(12-17)28-21(24-18)16-8-10-22-11-9-16/h2-12H,13H2,1H3,(H,23,25). The van der Waals surface area contributed by atoms with E-state index in [0.29, 0.717) is 33.8 Å². The zero-order valence-corrected chi connectivity index (χ0v) is 16.3. The van der Waals surface area contributed by atoms with Gasteiger partial charge < -0.3 is 9.73 Å². The first-order chi connectivity index (χ1) is 13.9. The highest BCUT2D eigenvalue weighted by atomic mass is 32.2. The first kappa shape index (κ1) is 18.8. The molecular weight excluding hydrogens is 390 g/mol. The molecule has 0 aliphatic heterocycles. The van der Waals surface area contributed by atoms with E-state index in [2.05, 4.69) is 15.3 Å². The number of carbonyl (C=O) groups excluding carboxylic acids is 1. The van der Waals surface area contributed by atoms with Gasteiger partial charge in [0.1, 0.15) is 5.52 Å². The third-order valence-corrected chi connectivity index (χ3v) is 5.08. The highest BCUT2D eigenvalue weighted by Gasteiger charge is 2.11. The third-order valence-electron chi connectivity index (χ3n) is 4.22. The van der Waals surface area contributed by atoms with E-state index in [9.17, 15) is 13.2 Å². The Balaban J connectivity index is 1.52. The molecule has 4 aromatic rings. The van der Waals surface area contributed by atoms with E-state index in [1.165, 1.54) is 6.26 Å². The van der Waals surface area contributed by atoms with Crippen LogP contribution in [0.1, 0.15) is 15.9 Å². The molecule has 7 nitrogen and oxygen atoms in total. The first-order valence-electron chi connectivity index (χ1n) is 8.76. The number of hydrogen-bond acceptors (Lipinski definition) is 6. The minimum Gasteiger partial charge on any atom is -0.436 e. The molecular formula is C21H17N3O4S. The highest BCUT2D eigenvalue weighted by molar-refractivity contribution is 7.89. The SMILES string of the molecule is CS(=O)(=O)Cc1ccc(C(=O)Nc2ccc3nc(-c4ccncc4)oc3c2)cc1. The Hall–Kier alpha value is -3.52. The number of amides is 1. The Bertz CT molecular complexity index is 1280. The second kappa shape index (κ2) is 7.48. The van der Waals surface area contributed by atoms with Crippen molar-refractivity contribution in [2.45, 2.75) is 5.75 Å². The van der Waals surface area contributed by atoms with Crippen LogP contribution in [-0.4, -0.2) is 30.5 Å². The quantitative estimate of drug-likeness (QED) is 0.541. The molecule has 146 valence electrons. The number of sulfone groups is 1. The van der Waals surface area contributed by atoms with Crippen molar-refractivity contribution in [2.75, 3.05) is 11.6 Å². The summed E-state index contributed by atoms with van der Waals surface area (Å²) in [5.74, 6) is 0.119. The number of benzene rings is 2. The summed E-state index contributed by atoms with van der Waals surface area (Å²) in [5, 5.41) is 2.81. The number of nitrogens with one attached hydrogen (secondary N) is 1. The summed E-state index contributed by atoms with van der Waals surface area (Å²) >= 11 is 0. The average molecular weight is 407 g/mol. The number of carbonyl (C=O) groups is 1. The second-order valence-corrected chi connectivity index (χ2v) is 8.80. The number of nitrogens with zero attached hydrogens (tertiary/aromatic N) is 2. The molecule has 2 aromatic heterocycles. The van der Waals surface area contributed by atoms with E-state index in [1.54, 1.807) is 67.0 Å². The topological polar surface area (TPSA) is 102 Å². The normalized spacial score (nSPS) is 11.5. The van der Waals surface area contributed by atoms with E-state index < -0.39 is 9.84 Å². The molecule has 8 heteroatoms. The fourth-order valence-electron chi connectivity index (χ4n) is 2.88. The molecule has 1 N–H and O–H groups in total. The van der Waals surface area contributed by atoms with Gasteiger partial charge in [0, 0.05) is 41.5 Å². The van der Waals surface area contributed by atoms with Crippen molar-refractivity contribution in [3.05, 3.63) is 78.1 Å². The van der Waals surface area contributed by atoms with E-state index in [-0.39, 0.29) is 11.7 Å². The van der Waals surface area contributed by atoms with Crippen molar-refractivity contribution in [3.63, 3.8) is 0 Å². The van der Waals surface area contributed by atoms with Gasteiger partial charge in [0.25, 0.3) is 5.91 Å². The van der Waals surface area contributed by atoms with Crippen LogP contribution in [0.15, 0.2) is 71.4 Å². The van der Waals surface area contributed by atoms with Gasteiger partial charge in [-0.1, -0.05) is 12.1 Å². The molecule has 29 heavy (non-hydrogen) atoms. The van der Waals surface area contributed by atoms with Gasteiger partial charge in [0.2, 0.25) is 5.89 Å². The maximum atomic E-state index is 12.5. The maximum absolute atomic E-state index is 12.5. The van der Waals surface area contributed by atoms with Crippen molar-refractivity contribution >= 4 is 32.5 Å². The van der Waals surface area contributed by atoms with E-state index >= 15 is 0 Å². The van der Waals surface area contributed by atoms with E-state index in [4.69, 9.17) is 4.42 Å². The van der Waals surface area contributed by atoms with Crippen molar-refractivity contribution in [3.8, 4) is 11.5 Å². The largest absolute Gasteiger partial charge is 0.436 e. The van der Waals surface area contributed by atoms with E-state index in [0.717, 1.165) is 5.56 Å². The van der Waals surface area contributed by atoms with Crippen LogP contribution in [0, 0.1) is 0 Å². The number of anilines is 1. The molecule has 0 aliphatic rings. The Kier molecular flexibility index (Phi) is 4.85. The minimum atomic E-state index is -3.12. The predicted molar refractivity (Wildman–Crippen MR) is 110 cm³/mol. The van der Waals surface area contributed by atoms with Gasteiger partial charge in [-0.15, -0.1) is 0 Å². The Labute approximate surface area is 167 Å². The molecule has 0 bridgehead atoms. The zero-order valence-electron chi connectivity index (χ0n) is 15.5. The maximum Gasteiger partial charge on any atom is 0.255 e. The van der Waals surface area contributed by atoms with Crippen LogP contribution >= 0.6 is 0 Å². The number of rotatable bonds is 5. The molecule has 0 saturated heterocycles. The molecule has 0 unspecified atom stereocenters. The lowest BCUT2D eigenvalue weighted by atomic mass is 10.1. The van der Waals surface area contributed by atoms with Crippen LogP contribution in [-0.2, 0) is 15.6 Å². The summed E-state index contributed by atoms with van der Waals surface area (Å²) in [6, 6.07) is 15.3. The fraction of sp³-hybridized carbons (Fsp3) is 0.0952. The number of hydrogen-bond donors (Lipinski definition) is 1. The van der Waals surface area contributed by atoms with Crippen LogP contribution in [0.25, 0.3) is 22.6 Å². The van der Waals surface area contributed by atoms with Gasteiger partial charge in [-0.05, 0) is 42.0 Å². The summed E-state index contributed by atoms with van der Waals surface area (Å²) in [6.07, 6.45) is 4.50. The lowest BCUT2D eigenvalue weighted by molar-refractivity contribution is 0.102. The van der Waals surface area contributed by atoms with Gasteiger partial charge in [-0.3, -0.25) is 9.78 Å². The Morgan fingerprint density at radius 3 is 2.45 bits per heavy atom. The van der Waals surface area contributed by atoms with Crippen molar-refractivity contribution in [2.24, 2.45) is 0 Å². The first-order valence-corrected chi connectivity index (χ1v) is 10.8. The number of fused-ring (bicyclic) bond motifs is 1. The van der Waals surface area contributed by atoms with Crippen molar-refractivity contribution in [1.29, 1.82) is 0 Å². The molecule has 4 rings (SSSR count). The second-order valence-electron chi connectivity index (χ2n) is 6.66. The molecule has 2 aromatic carbocycles. The summed E-state index contributed by atoms with van der Waals surface area (Å²) in [7, 11) is -3.12. The van der Waals surface area contributed by atoms with Gasteiger partial charge >= 0.3 is 0 Å². The van der Waals surface area contributed by atoms with E-state index in [1.807, 2.05) is 0 Å². The summed E-state index contributed by atoms with van der Waals surface area (Å²) < 4.78 is 28.5. The van der Waals surface area contributed by atoms with Gasteiger partial charge in [-0.2, -0.15) is 0 Å². The van der Waals surface area contributed by atoms with Crippen molar-refractivity contribution < 1.29 is 17.6 Å². The monoisotopic (exact) mass is 407 g/mol. The van der Waals surface area contributed by atoms with Crippen molar-refractivity contribution in [1.82, 2.24) is 9.97 Å². The molecule has 0 fully saturated rings. The summed E-state index contributed by atoms with van der Waals surface area (Å²) in [4.78, 5) is 20.9. The highest BCUT2D eigenvalue weighted by Crippen LogP contribution is 2.26. The van der Waals surface area contributed by atoms with Crippen LogP contribution in [0.5, 0.6) is 0 Å². The average Bonchev–Trinajstić information content (AvgIpc) is 3.11. The number of aromatic nitrogens is 2. The number of oxazole rings is 1. The molecule has 2 heterocycles. The van der Waals surface area contributed by atoms with Crippen LogP contribution < -0.4 is 5.32 Å². The number of pyridine rings is 1. The van der Waals surface area contributed by atoms with Crippen LogP contribution in [0.3, 0.4) is 0 Å². The lowest BCUT2D eigenvalue weighted by Gasteiger charge is -2.06.